The van der Waals surface area contributed by atoms with Crippen molar-refractivity contribution >= 4 is 12.0 Å². The number of aromatic nitrogens is 1. The highest BCUT2D eigenvalue weighted by atomic mass is 16.5. The van der Waals surface area contributed by atoms with Gasteiger partial charge in [-0.1, -0.05) is 43.2 Å². The minimum atomic E-state index is -0.439. The van der Waals surface area contributed by atoms with E-state index in [4.69, 9.17) is 4.74 Å². The molecule has 2 amide bonds. The summed E-state index contributed by atoms with van der Waals surface area (Å²) in [5.74, 6) is 0.112. The van der Waals surface area contributed by atoms with Crippen LogP contribution in [0.5, 0.6) is 0 Å². The molecule has 0 saturated heterocycles. The number of nitrogens with zero attached hydrogens (tertiary/aromatic N) is 1. The number of amides is 2. The molecular weight excluding hydrogens is 354 g/mol. The fourth-order valence-corrected chi connectivity index (χ4v) is 3.61. The van der Waals surface area contributed by atoms with Crippen molar-refractivity contribution < 1.29 is 14.3 Å². The molecule has 148 valence electrons. The zero-order valence-corrected chi connectivity index (χ0v) is 16.0. The SMILES string of the molecule is O=C(NCC1CCCCC1C(=O)NCc1ccncc1)OCc1ccccc1. The Bertz CT molecular complexity index is 752. The van der Waals surface area contributed by atoms with E-state index in [0.717, 1.165) is 36.8 Å². The molecule has 2 unspecified atom stereocenters. The Hall–Kier alpha value is -2.89. The molecule has 1 fully saturated rings. The van der Waals surface area contributed by atoms with Crippen LogP contribution in [0.1, 0.15) is 36.8 Å². The number of ether oxygens (including phenoxy) is 1. The molecule has 3 rings (SSSR count). The number of pyridine rings is 1. The van der Waals surface area contributed by atoms with E-state index in [-0.39, 0.29) is 24.3 Å². The zero-order chi connectivity index (χ0) is 19.6. The van der Waals surface area contributed by atoms with Gasteiger partial charge in [-0.2, -0.15) is 0 Å². The number of rotatable bonds is 7. The lowest BCUT2D eigenvalue weighted by Crippen LogP contribution is -2.41. The Labute approximate surface area is 165 Å². The van der Waals surface area contributed by atoms with E-state index in [0.29, 0.717) is 13.1 Å². The molecule has 2 atom stereocenters. The molecule has 28 heavy (non-hydrogen) atoms. The monoisotopic (exact) mass is 381 g/mol. The van der Waals surface area contributed by atoms with Gasteiger partial charge in [-0.25, -0.2) is 4.79 Å². The highest BCUT2D eigenvalue weighted by Gasteiger charge is 2.31. The fraction of sp³-hybridized carbons (Fsp3) is 0.409. The summed E-state index contributed by atoms with van der Waals surface area (Å²) in [5.41, 5.74) is 1.97. The summed E-state index contributed by atoms with van der Waals surface area (Å²) in [6.07, 6.45) is 6.92. The first kappa shape index (κ1) is 19.9. The molecule has 1 aromatic heterocycles. The highest BCUT2D eigenvalue weighted by Crippen LogP contribution is 2.30. The van der Waals surface area contributed by atoms with E-state index >= 15 is 0 Å². The zero-order valence-electron chi connectivity index (χ0n) is 16.0. The maximum atomic E-state index is 12.7. The molecule has 1 aliphatic rings. The third kappa shape index (κ3) is 6.08. The van der Waals surface area contributed by atoms with Gasteiger partial charge in [0.15, 0.2) is 0 Å². The van der Waals surface area contributed by atoms with Gasteiger partial charge in [-0.15, -0.1) is 0 Å². The average Bonchev–Trinajstić information content (AvgIpc) is 2.76. The summed E-state index contributed by atoms with van der Waals surface area (Å²) in [4.78, 5) is 28.7. The van der Waals surface area contributed by atoms with Crippen LogP contribution in [-0.2, 0) is 22.7 Å². The van der Waals surface area contributed by atoms with Crippen LogP contribution in [-0.4, -0.2) is 23.5 Å². The van der Waals surface area contributed by atoms with Gasteiger partial charge in [0.05, 0.1) is 0 Å². The Balaban J connectivity index is 1.44. The van der Waals surface area contributed by atoms with Crippen LogP contribution in [0.4, 0.5) is 4.79 Å². The minimum Gasteiger partial charge on any atom is -0.445 e. The third-order valence-electron chi connectivity index (χ3n) is 5.18. The Morgan fingerprint density at radius 2 is 1.71 bits per heavy atom. The molecular formula is C22H27N3O3. The molecule has 1 aromatic carbocycles. The quantitative estimate of drug-likeness (QED) is 0.770. The van der Waals surface area contributed by atoms with Crippen molar-refractivity contribution in [2.45, 2.75) is 38.8 Å². The molecule has 2 aromatic rings. The third-order valence-corrected chi connectivity index (χ3v) is 5.18. The van der Waals surface area contributed by atoms with E-state index in [1.165, 1.54) is 0 Å². The lowest BCUT2D eigenvalue weighted by atomic mass is 9.78. The standard InChI is InChI=1S/C22H27N3O3/c26-21(24-14-17-10-12-23-13-11-17)20-9-5-4-8-19(20)15-25-22(27)28-16-18-6-2-1-3-7-18/h1-3,6-7,10-13,19-20H,4-5,8-9,14-16H2,(H,24,26)(H,25,27). The molecule has 0 bridgehead atoms. The van der Waals surface area contributed by atoms with E-state index in [2.05, 4.69) is 15.6 Å². The molecule has 6 heteroatoms. The van der Waals surface area contributed by atoms with Crippen molar-refractivity contribution in [3.63, 3.8) is 0 Å². The fourth-order valence-electron chi connectivity index (χ4n) is 3.61. The predicted octanol–water partition coefficient (Wildman–Crippen LogP) is 3.43. The smallest absolute Gasteiger partial charge is 0.407 e. The maximum absolute atomic E-state index is 12.7. The summed E-state index contributed by atoms with van der Waals surface area (Å²) < 4.78 is 5.26. The van der Waals surface area contributed by atoms with Crippen molar-refractivity contribution in [1.82, 2.24) is 15.6 Å². The van der Waals surface area contributed by atoms with E-state index < -0.39 is 6.09 Å². The van der Waals surface area contributed by atoms with Crippen LogP contribution in [0.3, 0.4) is 0 Å². The lowest BCUT2D eigenvalue weighted by Gasteiger charge is -2.30. The number of hydrogen-bond acceptors (Lipinski definition) is 4. The number of nitrogens with one attached hydrogen (secondary N) is 2. The van der Waals surface area contributed by atoms with Crippen molar-refractivity contribution in [3.8, 4) is 0 Å². The van der Waals surface area contributed by atoms with Gasteiger partial charge in [-0.05, 0) is 42.0 Å². The van der Waals surface area contributed by atoms with Crippen molar-refractivity contribution in [2.75, 3.05) is 6.54 Å². The summed E-state index contributed by atoms with van der Waals surface area (Å²) in [6.45, 7) is 1.20. The average molecular weight is 381 g/mol. The Kier molecular flexibility index (Phi) is 7.41. The van der Waals surface area contributed by atoms with Crippen LogP contribution < -0.4 is 10.6 Å². The molecule has 2 N–H and O–H groups in total. The molecule has 1 heterocycles. The van der Waals surface area contributed by atoms with Crippen LogP contribution >= 0.6 is 0 Å². The van der Waals surface area contributed by atoms with Crippen molar-refractivity contribution in [3.05, 3.63) is 66.0 Å². The van der Waals surface area contributed by atoms with Crippen LogP contribution in [0.15, 0.2) is 54.9 Å². The second-order valence-corrected chi connectivity index (χ2v) is 7.17. The number of alkyl carbamates (subject to hydrolysis) is 1. The lowest BCUT2D eigenvalue weighted by molar-refractivity contribution is -0.127. The first-order valence-corrected chi connectivity index (χ1v) is 9.83. The summed E-state index contributed by atoms with van der Waals surface area (Å²) >= 11 is 0. The van der Waals surface area contributed by atoms with E-state index in [9.17, 15) is 9.59 Å². The summed E-state index contributed by atoms with van der Waals surface area (Å²) in [5, 5.41) is 5.85. The predicted molar refractivity (Wildman–Crippen MR) is 106 cm³/mol. The minimum absolute atomic E-state index is 0.0564. The largest absolute Gasteiger partial charge is 0.445 e. The number of hydrogen-bond donors (Lipinski definition) is 2. The number of carbonyl (C=O) groups is 2. The van der Waals surface area contributed by atoms with E-state index in [1.807, 2.05) is 42.5 Å². The summed E-state index contributed by atoms with van der Waals surface area (Å²) in [6, 6.07) is 13.4. The van der Waals surface area contributed by atoms with Gasteiger partial charge in [0, 0.05) is 31.4 Å². The van der Waals surface area contributed by atoms with Gasteiger partial charge < -0.3 is 15.4 Å². The Morgan fingerprint density at radius 3 is 2.50 bits per heavy atom. The number of carbonyl (C=O) groups excluding carboxylic acids is 2. The Morgan fingerprint density at radius 1 is 0.964 bits per heavy atom. The van der Waals surface area contributed by atoms with Gasteiger partial charge >= 0.3 is 6.09 Å². The summed E-state index contributed by atoms with van der Waals surface area (Å²) in [7, 11) is 0. The molecule has 0 spiro atoms. The van der Waals surface area contributed by atoms with Crippen molar-refractivity contribution in [2.24, 2.45) is 11.8 Å². The highest BCUT2D eigenvalue weighted by molar-refractivity contribution is 5.79. The van der Waals surface area contributed by atoms with E-state index in [1.54, 1.807) is 12.4 Å². The van der Waals surface area contributed by atoms with Crippen LogP contribution in [0.25, 0.3) is 0 Å². The normalized spacial score (nSPS) is 18.9. The maximum Gasteiger partial charge on any atom is 0.407 e. The molecule has 1 aliphatic carbocycles. The van der Waals surface area contributed by atoms with Gasteiger partial charge in [0.25, 0.3) is 0 Å². The molecule has 1 saturated carbocycles. The van der Waals surface area contributed by atoms with Gasteiger partial charge in [0.2, 0.25) is 5.91 Å². The van der Waals surface area contributed by atoms with Crippen LogP contribution in [0.2, 0.25) is 0 Å². The first-order chi connectivity index (χ1) is 13.7. The van der Waals surface area contributed by atoms with Crippen LogP contribution in [0, 0.1) is 11.8 Å². The molecule has 0 radical (unpaired) electrons. The topological polar surface area (TPSA) is 80.3 Å². The second kappa shape index (κ2) is 10.4. The second-order valence-electron chi connectivity index (χ2n) is 7.17. The number of benzene rings is 1. The van der Waals surface area contributed by atoms with Gasteiger partial charge in [0.1, 0.15) is 6.61 Å². The van der Waals surface area contributed by atoms with Crippen molar-refractivity contribution in [1.29, 1.82) is 0 Å². The van der Waals surface area contributed by atoms with Gasteiger partial charge in [-0.3, -0.25) is 9.78 Å². The first-order valence-electron chi connectivity index (χ1n) is 9.83. The molecule has 0 aliphatic heterocycles. The molecule has 6 nitrogen and oxygen atoms in total.